The van der Waals surface area contributed by atoms with Crippen LogP contribution in [0.5, 0.6) is 0 Å². The molecule has 2 rings (SSSR count). The molecule has 0 aliphatic heterocycles. The maximum absolute atomic E-state index is 5.93. The lowest BCUT2D eigenvalue weighted by molar-refractivity contribution is 1.17. The van der Waals surface area contributed by atoms with Gasteiger partial charge in [-0.25, -0.2) is 0 Å². The van der Waals surface area contributed by atoms with Crippen LogP contribution in [0.1, 0.15) is 16.7 Å². The van der Waals surface area contributed by atoms with E-state index < -0.39 is 0 Å². The Kier molecular flexibility index (Phi) is 3.63. The fourth-order valence-electron chi connectivity index (χ4n) is 1.62. The van der Waals surface area contributed by atoms with Gasteiger partial charge in [-0.3, -0.25) is 0 Å². The van der Waals surface area contributed by atoms with E-state index in [0.717, 1.165) is 17.0 Å². The molecule has 0 saturated carbocycles. The van der Waals surface area contributed by atoms with E-state index in [2.05, 4.69) is 31.5 Å². The van der Waals surface area contributed by atoms with E-state index in [9.17, 15) is 0 Å². The largest absolute Gasteiger partial charge is 0.0843 e. The predicted molar refractivity (Wildman–Crippen MR) is 69.5 cm³/mol. The van der Waals surface area contributed by atoms with Gasteiger partial charge in [-0.15, -0.1) is 0 Å². The molecule has 2 aromatic carbocycles. The Hall–Kier alpha value is -1.27. The van der Waals surface area contributed by atoms with Gasteiger partial charge < -0.3 is 0 Å². The molecular weight excluding hydrogens is 216 g/mol. The van der Waals surface area contributed by atoms with Gasteiger partial charge in [-0.1, -0.05) is 48.0 Å². The van der Waals surface area contributed by atoms with Crippen molar-refractivity contribution in [3.8, 4) is 0 Å². The third-order valence-corrected chi connectivity index (χ3v) is 2.65. The van der Waals surface area contributed by atoms with E-state index in [-0.39, 0.29) is 0 Å². The fourth-order valence-corrected chi connectivity index (χ4v) is 1.83. The van der Waals surface area contributed by atoms with E-state index in [1.165, 1.54) is 11.1 Å². The molecule has 80 valence electrons. The number of hydrogen-bond acceptors (Lipinski definition) is 0. The summed E-state index contributed by atoms with van der Waals surface area (Å²) in [5.41, 5.74) is 3.47. The van der Waals surface area contributed by atoms with Crippen LogP contribution in [0.4, 0.5) is 0 Å². The summed E-state index contributed by atoms with van der Waals surface area (Å²) in [6.45, 7) is 3.91. The van der Waals surface area contributed by atoms with E-state index in [0.29, 0.717) is 0 Å². The molecule has 0 aliphatic carbocycles. The first-order valence-electron chi connectivity index (χ1n) is 5.24. The van der Waals surface area contributed by atoms with Crippen LogP contribution in [-0.2, 0) is 6.42 Å². The molecule has 0 unspecified atom stereocenters. The third-order valence-electron chi connectivity index (χ3n) is 2.41. The quantitative estimate of drug-likeness (QED) is 0.734. The van der Waals surface area contributed by atoms with Crippen molar-refractivity contribution in [1.29, 1.82) is 0 Å². The maximum Gasteiger partial charge on any atom is 0.0408 e. The summed E-state index contributed by atoms with van der Waals surface area (Å²) < 4.78 is 0. The van der Waals surface area contributed by atoms with Crippen LogP contribution in [0.2, 0.25) is 5.02 Å². The molecule has 0 aromatic heterocycles. The van der Waals surface area contributed by atoms with Gasteiger partial charge >= 0.3 is 0 Å². The first-order chi connectivity index (χ1) is 7.74. The summed E-state index contributed by atoms with van der Waals surface area (Å²) in [6.07, 6.45) is 3.07. The van der Waals surface area contributed by atoms with Gasteiger partial charge in [-0.2, -0.15) is 0 Å². The highest BCUT2D eigenvalue weighted by atomic mass is 35.5. The summed E-state index contributed by atoms with van der Waals surface area (Å²) in [6, 6.07) is 16.1. The molecule has 0 aliphatic rings. The molecule has 2 aromatic rings. The van der Waals surface area contributed by atoms with Gasteiger partial charge in [0.2, 0.25) is 0 Å². The highest BCUT2D eigenvalue weighted by Gasteiger charge is 1.97. The Morgan fingerprint density at radius 2 is 1.88 bits per heavy atom. The van der Waals surface area contributed by atoms with Gasteiger partial charge in [-0.05, 0) is 48.6 Å². The zero-order chi connectivity index (χ0) is 11.4. The Labute approximate surface area is 102 Å². The van der Waals surface area contributed by atoms with Crippen LogP contribution in [-0.4, -0.2) is 0 Å². The van der Waals surface area contributed by atoms with Crippen molar-refractivity contribution in [1.82, 2.24) is 0 Å². The topological polar surface area (TPSA) is 0 Å². The molecule has 0 bridgehead atoms. The Bertz CT molecular complexity index is 429. The highest BCUT2D eigenvalue weighted by Crippen LogP contribution is 2.14. The summed E-state index contributed by atoms with van der Waals surface area (Å²) >= 11 is 5.93. The summed E-state index contributed by atoms with van der Waals surface area (Å²) in [4.78, 5) is 0. The van der Waals surface area contributed by atoms with Gasteiger partial charge in [0.05, 0.1) is 0 Å². The maximum atomic E-state index is 5.93. The van der Waals surface area contributed by atoms with Crippen molar-refractivity contribution in [2.24, 2.45) is 0 Å². The summed E-state index contributed by atoms with van der Waals surface area (Å²) in [5.74, 6) is 0. The first-order valence-corrected chi connectivity index (χ1v) is 5.61. The molecule has 0 fully saturated rings. The smallest absolute Gasteiger partial charge is 0.0408 e. The van der Waals surface area contributed by atoms with E-state index in [1.807, 2.05) is 30.3 Å². The average Bonchev–Trinajstić information content (AvgIpc) is 2.27. The molecule has 1 heteroatoms. The summed E-state index contributed by atoms with van der Waals surface area (Å²) in [5, 5.41) is 0.789. The van der Waals surface area contributed by atoms with Crippen LogP contribution in [0.15, 0.2) is 48.5 Å². The van der Waals surface area contributed by atoms with Gasteiger partial charge in [0, 0.05) is 5.02 Å². The number of benzene rings is 2. The van der Waals surface area contributed by atoms with Gasteiger partial charge in [0.15, 0.2) is 0 Å². The third kappa shape index (κ3) is 3.11. The second-order valence-corrected chi connectivity index (χ2v) is 4.22. The zero-order valence-electron chi connectivity index (χ0n) is 8.99. The fraction of sp³-hybridized carbons (Fsp3) is 0.0667. The molecule has 0 saturated heterocycles. The van der Waals surface area contributed by atoms with Crippen LogP contribution in [0.25, 0.3) is 0 Å². The minimum atomic E-state index is 0.789. The van der Waals surface area contributed by atoms with Crippen molar-refractivity contribution in [2.45, 2.75) is 6.42 Å². The molecule has 16 heavy (non-hydrogen) atoms. The number of halogens is 1. The van der Waals surface area contributed by atoms with E-state index in [1.54, 1.807) is 0 Å². The van der Waals surface area contributed by atoms with Crippen molar-refractivity contribution in [3.05, 3.63) is 83.6 Å². The van der Waals surface area contributed by atoms with Crippen LogP contribution < -0.4 is 0 Å². The lowest BCUT2D eigenvalue weighted by atomic mass is 10.0. The monoisotopic (exact) mass is 228 g/mol. The molecule has 0 atom stereocenters. The number of rotatable bonds is 3. The van der Waals surface area contributed by atoms with Crippen molar-refractivity contribution < 1.29 is 0 Å². The lowest BCUT2D eigenvalue weighted by Crippen LogP contribution is -1.89. The molecule has 0 nitrogen and oxygen atoms in total. The average molecular weight is 229 g/mol. The zero-order valence-corrected chi connectivity index (χ0v) is 9.74. The molecular formula is C15H13Cl. The molecule has 0 spiro atoms. The second kappa shape index (κ2) is 5.18. The van der Waals surface area contributed by atoms with Crippen molar-refractivity contribution in [2.75, 3.05) is 0 Å². The van der Waals surface area contributed by atoms with Crippen molar-refractivity contribution in [3.63, 3.8) is 0 Å². The lowest BCUT2D eigenvalue weighted by Gasteiger charge is -2.03. The minimum absolute atomic E-state index is 0.789. The predicted octanol–water partition coefficient (Wildman–Crippen LogP) is 4.32. The molecule has 0 heterocycles. The Balaban J connectivity index is 2.02. The van der Waals surface area contributed by atoms with Crippen molar-refractivity contribution >= 4 is 11.6 Å². The Morgan fingerprint density at radius 1 is 1.06 bits per heavy atom. The van der Waals surface area contributed by atoms with Crippen LogP contribution >= 0.6 is 11.6 Å². The summed E-state index contributed by atoms with van der Waals surface area (Å²) in [7, 11) is 0. The molecule has 0 N–H and O–H groups in total. The number of hydrogen-bond donors (Lipinski definition) is 0. The van der Waals surface area contributed by atoms with E-state index in [4.69, 9.17) is 11.6 Å². The normalized spacial score (nSPS) is 10.4. The van der Waals surface area contributed by atoms with Gasteiger partial charge in [0.1, 0.15) is 0 Å². The SMILES string of the molecule is [CH2]c1cccc([CH]Cc2cccc(Cl)c2)c1. The standard InChI is InChI=1S/C15H13Cl/c1-12-4-2-5-13(10-12)8-9-14-6-3-7-15(16)11-14/h2-8,10-11H,1,9H2. The Morgan fingerprint density at radius 3 is 2.62 bits per heavy atom. The van der Waals surface area contributed by atoms with Crippen LogP contribution in [0, 0.1) is 13.3 Å². The first kappa shape index (κ1) is 11.2. The molecule has 0 amide bonds. The highest BCUT2D eigenvalue weighted by molar-refractivity contribution is 6.30. The van der Waals surface area contributed by atoms with Gasteiger partial charge in [0.25, 0.3) is 0 Å². The van der Waals surface area contributed by atoms with Crippen LogP contribution in [0.3, 0.4) is 0 Å². The van der Waals surface area contributed by atoms with E-state index >= 15 is 0 Å². The minimum Gasteiger partial charge on any atom is -0.0843 e. The molecule has 2 radical (unpaired) electrons. The second-order valence-electron chi connectivity index (χ2n) is 3.78.